The van der Waals surface area contributed by atoms with Crippen molar-refractivity contribution in [1.82, 2.24) is 10.2 Å². The monoisotopic (exact) mass is 365 g/mol. The van der Waals surface area contributed by atoms with Gasteiger partial charge in [-0.25, -0.2) is 9.18 Å². The van der Waals surface area contributed by atoms with E-state index in [0.29, 0.717) is 11.0 Å². The fourth-order valence-corrected chi connectivity index (χ4v) is 2.54. The van der Waals surface area contributed by atoms with Crippen LogP contribution in [0.5, 0.6) is 0 Å². The SMILES string of the molecule is O=C(Nc1nnc(Cc2ccc(F)cc2)o1)c1cc2ccccc2oc1=O. The van der Waals surface area contributed by atoms with Crippen LogP contribution >= 0.6 is 0 Å². The number of nitrogens with zero attached hydrogens (tertiary/aromatic N) is 2. The maximum atomic E-state index is 12.9. The molecule has 0 radical (unpaired) electrons. The number of hydrogen-bond donors (Lipinski definition) is 1. The van der Waals surface area contributed by atoms with Gasteiger partial charge in [0, 0.05) is 5.39 Å². The Morgan fingerprint density at radius 2 is 1.81 bits per heavy atom. The van der Waals surface area contributed by atoms with Gasteiger partial charge < -0.3 is 8.83 Å². The molecule has 0 saturated carbocycles. The Bertz CT molecular complexity index is 1180. The number of anilines is 1. The van der Waals surface area contributed by atoms with Crippen LogP contribution in [0.25, 0.3) is 11.0 Å². The molecule has 134 valence electrons. The zero-order valence-electron chi connectivity index (χ0n) is 13.8. The number of fused-ring (bicyclic) bond motifs is 1. The Morgan fingerprint density at radius 1 is 1.04 bits per heavy atom. The molecule has 0 aliphatic heterocycles. The number of carbonyl (C=O) groups excluding carboxylic acids is 1. The molecule has 4 rings (SSSR count). The molecule has 2 aromatic heterocycles. The molecule has 0 aliphatic carbocycles. The van der Waals surface area contributed by atoms with E-state index in [1.807, 2.05) is 0 Å². The van der Waals surface area contributed by atoms with Crippen molar-refractivity contribution in [3.05, 3.63) is 87.9 Å². The standard InChI is InChI=1S/C19H12FN3O4/c20-13-7-5-11(6-8-13)9-16-22-23-19(27-16)21-17(24)14-10-12-3-1-2-4-15(12)26-18(14)25/h1-8,10H,9H2,(H,21,23,24). The van der Waals surface area contributed by atoms with Gasteiger partial charge in [-0.1, -0.05) is 35.4 Å². The third-order valence-electron chi connectivity index (χ3n) is 3.84. The van der Waals surface area contributed by atoms with Gasteiger partial charge in [-0.15, -0.1) is 5.10 Å². The third-order valence-corrected chi connectivity index (χ3v) is 3.84. The lowest BCUT2D eigenvalue weighted by molar-refractivity contribution is 0.102. The Morgan fingerprint density at radius 3 is 2.63 bits per heavy atom. The van der Waals surface area contributed by atoms with Crippen LogP contribution in [0.3, 0.4) is 0 Å². The largest absolute Gasteiger partial charge is 0.422 e. The average molecular weight is 365 g/mol. The van der Waals surface area contributed by atoms with Crippen molar-refractivity contribution < 1.29 is 18.0 Å². The summed E-state index contributed by atoms with van der Waals surface area (Å²) in [4.78, 5) is 24.4. The van der Waals surface area contributed by atoms with Crippen LogP contribution in [0.4, 0.5) is 10.4 Å². The maximum Gasteiger partial charge on any atom is 0.349 e. The van der Waals surface area contributed by atoms with Gasteiger partial charge in [-0.05, 0) is 29.8 Å². The number of nitrogens with one attached hydrogen (secondary N) is 1. The van der Waals surface area contributed by atoms with Gasteiger partial charge in [0.25, 0.3) is 5.91 Å². The summed E-state index contributed by atoms with van der Waals surface area (Å²) in [5.41, 5.74) is 0.218. The second-order valence-electron chi connectivity index (χ2n) is 5.74. The van der Waals surface area contributed by atoms with E-state index in [-0.39, 0.29) is 29.7 Å². The fourth-order valence-electron chi connectivity index (χ4n) is 2.54. The van der Waals surface area contributed by atoms with E-state index in [4.69, 9.17) is 8.83 Å². The maximum absolute atomic E-state index is 12.9. The number of amides is 1. The van der Waals surface area contributed by atoms with E-state index >= 15 is 0 Å². The summed E-state index contributed by atoms with van der Waals surface area (Å²) in [5.74, 6) is -0.819. The Balaban J connectivity index is 1.52. The normalized spacial score (nSPS) is 10.9. The number of aromatic nitrogens is 2. The van der Waals surface area contributed by atoms with E-state index in [9.17, 15) is 14.0 Å². The molecule has 0 fully saturated rings. The molecule has 8 heteroatoms. The second-order valence-corrected chi connectivity index (χ2v) is 5.74. The van der Waals surface area contributed by atoms with Crippen LogP contribution in [0.15, 0.2) is 68.2 Å². The van der Waals surface area contributed by atoms with Crippen molar-refractivity contribution in [2.45, 2.75) is 6.42 Å². The summed E-state index contributed by atoms with van der Waals surface area (Å²) in [6.45, 7) is 0. The summed E-state index contributed by atoms with van der Waals surface area (Å²) in [6.07, 6.45) is 0.279. The summed E-state index contributed by atoms with van der Waals surface area (Å²) >= 11 is 0. The van der Waals surface area contributed by atoms with Crippen LogP contribution in [0.1, 0.15) is 21.8 Å². The molecule has 0 spiro atoms. The molecule has 0 unspecified atom stereocenters. The molecule has 1 amide bonds. The summed E-state index contributed by atoms with van der Waals surface area (Å²) < 4.78 is 23.4. The van der Waals surface area contributed by atoms with Gasteiger partial charge in [0.1, 0.15) is 17.0 Å². The van der Waals surface area contributed by atoms with Gasteiger partial charge in [0.05, 0.1) is 6.42 Å². The van der Waals surface area contributed by atoms with Gasteiger partial charge in [0.2, 0.25) is 5.89 Å². The highest BCUT2D eigenvalue weighted by molar-refractivity contribution is 6.04. The van der Waals surface area contributed by atoms with Crippen molar-refractivity contribution in [2.24, 2.45) is 0 Å². The van der Waals surface area contributed by atoms with E-state index in [1.54, 1.807) is 36.4 Å². The number of rotatable bonds is 4. The highest BCUT2D eigenvalue weighted by Crippen LogP contribution is 2.15. The first-order valence-electron chi connectivity index (χ1n) is 7.99. The van der Waals surface area contributed by atoms with Crippen LogP contribution in [0.2, 0.25) is 0 Å². The Labute approximate surface area is 151 Å². The lowest BCUT2D eigenvalue weighted by Crippen LogP contribution is -2.20. The molecule has 1 N–H and O–H groups in total. The summed E-state index contributed by atoms with van der Waals surface area (Å²) in [5, 5.41) is 10.6. The Kier molecular flexibility index (Phi) is 4.21. The van der Waals surface area contributed by atoms with E-state index < -0.39 is 11.5 Å². The van der Waals surface area contributed by atoms with Crippen molar-refractivity contribution >= 4 is 22.9 Å². The zero-order valence-corrected chi connectivity index (χ0v) is 13.8. The van der Waals surface area contributed by atoms with Crippen LogP contribution in [-0.2, 0) is 6.42 Å². The fraction of sp³-hybridized carbons (Fsp3) is 0.0526. The van der Waals surface area contributed by atoms with Gasteiger partial charge >= 0.3 is 11.6 Å². The number of carbonyl (C=O) groups is 1. The first-order chi connectivity index (χ1) is 13.1. The van der Waals surface area contributed by atoms with Crippen molar-refractivity contribution in [3.63, 3.8) is 0 Å². The van der Waals surface area contributed by atoms with Gasteiger partial charge in [-0.2, -0.15) is 0 Å². The Hall–Kier alpha value is -3.81. The molecular formula is C19H12FN3O4. The van der Waals surface area contributed by atoms with Gasteiger partial charge in [-0.3, -0.25) is 10.1 Å². The van der Waals surface area contributed by atoms with Gasteiger partial charge in [0.15, 0.2) is 0 Å². The molecular weight excluding hydrogens is 353 g/mol. The minimum atomic E-state index is -0.766. The van der Waals surface area contributed by atoms with Crippen molar-refractivity contribution in [1.29, 1.82) is 0 Å². The van der Waals surface area contributed by atoms with Crippen LogP contribution < -0.4 is 10.9 Å². The molecule has 0 aliphatic rings. The second kappa shape index (κ2) is 6.83. The lowest BCUT2D eigenvalue weighted by atomic mass is 10.1. The first kappa shape index (κ1) is 16.6. The quantitative estimate of drug-likeness (QED) is 0.558. The highest BCUT2D eigenvalue weighted by Gasteiger charge is 2.17. The molecule has 0 saturated heterocycles. The molecule has 27 heavy (non-hydrogen) atoms. The van der Waals surface area contributed by atoms with E-state index in [1.165, 1.54) is 18.2 Å². The minimum absolute atomic E-state index is 0.148. The average Bonchev–Trinajstić information content (AvgIpc) is 3.09. The molecule has 0 bridgehead atoms. The lowest BCUT2D eigenvalue weighted by Gasteiger charge is -2.01. The molecule has 0 atom stereocenters. The topological polar surface area (TPSA) is 98.2 Å². The first-order valence-corrected chi connectivity index (χ1v) is 7.99. The van der Waals surface area contributed by atoms with Crippen molar-refractivity contribution in [3.8, 4) is 0 Å². The number of hydrogen-bond acceptors (Lipinski definition) is 6. The number of para-hydroxylation sites is 1. The predicted octanol–water partition coefficient (Wildman–Crippen LogP) is 3.16. The molecule has 2 heterocycles. The number of halogens is 1. The molecule has 7 nitrogen and oxygen atoms in total. The highest BCUT2D eigenvalue weighted by atomic mass is 19.1. The van der Waals surface area contributed by atoms with E-state index in [2.05, 4.69) is 15.5 Å². The number of benzene rings is 2. The summed E-state index contributed by atoms with van der Waals surface area (Å²) in [7, 11) is 0. The third kappa shape index (κ3) is 3.59. The van der Waals surface area contributed by atoms with Crippen LogP contribution in [-0.4, -0.2) is 16.1 Å². The van der Waals surface area contributed by atoms with E-state index in [0.717, 1.165) is 5.56 Å². The molecule has 2 aromatic carbocycles. The van der Waals surface area contributed by atoms with Crippen molar-refractivity contribution in [2.75, 3.05) is 5.32 Å². The molecule has 4 aromatic rings. The smallest absolute Gasteiger partial charge is 0.349 e. The zero-order chi connectivity index (χ0) is 18.8. The minimum Gasteiger partial charge on any atom is -0.422 e. The summed E-state index contributed by atoms with van der Waals surface area (Å²) in [6, 6.07) is 14.0. The van der Waals surface area contributed by atoms with Crippen LogP contribution in [0, 0.1) is 5.82 Å². The predicted molar refractivity (Wildman–Crippen MR) is 93.9 cm³/mol.